The van der Waals surface area contributed by atoms with Crippen molar-refractivity contribution in [3.05, 3.63) is 108 Å². The van der Waals surface area contributed by atoms with Crippen LogP contribution in [0, 0.1) is 0 Å². The highest BCUT2D eigenvalue weighted by Crippen LogP contribution is 2.28. The molecule has 3 aromatic carbocycles. The molecule has 62 heavy (non-hydrogen) atoms. The molecular formula is C44H59N5O13. The van der Waals surface area contributed by atoms with Crippen LogP contribution in [0.15, 0.2) is 91.0 Å². The molecular weight excluding hydrogens is 807 g/mol. The number of benzene rings is 3. The molecule has 0 saturated carbocycles. The molecule has 18 nitrogen and oxygen atoms in total. The van der Waals surface area contributed by atoms with Gasteiger partial charge in [-0.15, -0.1) is 0 Å². The first-order valence-electron chi connectivity index (χ1n) is 19.9. The number of amides is 5. The maximum atomic E-state index is 13.6. The van der Waals surface area contributed by atoms with Gasteiger partial charge in [0.15, 0.2) is 12.2 Å². The molecule has 18 heteroatoms. The maximum Gasteiger partial charge on any atom is 0.408 e. The van der Waals surface area contributed by atoms with Crippen molar-refractivity contribution in [2.75, 3.05) is 13.2 Å². The van der Waals surface area contributed by atoms with Crippen LogP contribution in [0.3, 0.4) is 0 Å². The number of rotatable bonds is 21. The van der Waals surface area contributed by atoms with Gasteiger partial charge in [0.25, 0.3) is 5.91 Å². The van der Waals surface area contributed by atoms with Gasteiger partial charge in [0.2, 0.25) is 17.7 Å². The van der Waals surface area contributed by atoms with Gasteiger partial charge in [-0.3, -0.25) is 24.0 Å². The number of carbonyl (C=O) groups excluding carboxylic acids is 6. The Morgan fingerprint density at radius 1 is 0.613 bits per heavy atom. The molecule has 0 radical (unpaired) electrons. The molecule has 5 amide bonds. The molecule has 0 aliphatic carbocycles. The minimum Gasteiger partial charge on any atom is -0.452 e. The van der Waals surface area contributed by atoms with Crippen molar-refractivity contribution < 1.29 is 63.4 Å². The third-order valence-corrected chi connectivity index (χ3v) is 8.95. The van der Waals surface area contributed by atoms with E-state index in [9.17, 15) is 49.2 Å². The van der Waals surface area contributed by atoms with E-state index in [-0.39, 0.29) is 0 Å². The Kier molecular flexibility index (Phi) is 19.0. The fourth-order valence-electron chi connectivity index (χ4n) is 5.88. The van der Waals surface area contributed by atoms with Crippen molar-refractivity contribution >= 4 is 35.7 Å². The van der Waals surface area contributed by atoms with Crippen LogP contribution in [0.25, 0.3) is 0 Å². The zero-order valence-electron chi connectivity index (χ0n) is 35.6. The van der Waals surface area contributed by atoms with Gasteiger partial charge in [-0.1, -0.05) is 91.0 Å². The van der Waals surface area contributed by atoms with Crippen LogP contribution in [-0.2, 0) is 38.2 Å². The Labute approximate surface area is 360 Å². The van der Waals surface area contributed by atoms with Gasteiger partial charge in [-0.25, -0.2) is 4.79 Å². The molecule has 0 heterocycles. The second kappa shape index (κ2) is 23.3. The lowest BCUT2D eigenvalue weighted by atomic mass is 9.98. The summed E-state index contributed by atoms with van der Waals surface area (Å²) >= 11 is 0. The number of primary amides is 1. The van der Waals surface area contributed by atoms with Gasteiger partial charge < -0.3 is 61.6 Å². The van der Waals surface area contributed by atoms with Crippen molar-refractivity contribution in [2.45, 2.75) is 114 Å². The summed E-state index contributed by atoms with van der Waals surface area (Å²) in [5.41, 5.74) is 5.32. The number of nitrogens with one attached hydrogen (secondary N) is 4. The highest BCUT2D eigenvalue weighted by molar-refractivity contribution is 5.94. The first kappa shape index (κ1) is 50.4. The summed E-state index contributed by atoms with van der Waals surface area (Å²) in [5.74, 6) is -5.02. The number of aliphatic hydroxyl groups is 4. The summed E-state index contributed by atoms with van der Waals surface area (Å²) in [7, 11) is 0. The zero-order chi connectivity index (χ0) is 46.2. The molecule has 338 valence electrons. The number of hydrogen-bond acceptors (Lipinski definition) is 13. The third kappa shape index (κ3) is 16.9. The molecule has 0 aliphatic heterocycles. The normalized spacial score (nSPS) is 15.1. The summed E-state index contributed by atoms with van der Waals surface area (Å²) in [6, 6.07) is 20.3. The molecule has 0 saturated heterocycles. The Bertz CT molecular complexity index is 1880. The van der Waals surface area contributed by atoms with Crippen molar-refractivity contribution in [1.29, 1.82) is 0 Å². The molecule has 0 spiro atoms. The van der Waals surface area contributed by atoms with Gasteiger partial charge in [0.05, 0.1) is 43.7 Å². The molecule has 0 bridgehead atoms. The largest absolute Gasteiger partial charge is 0.452 e. The van der Waals surface area contributed by atoms with E-state index in [2.05, 4.69) is 21.3 Å². The van der Waals surface area contributed by atoms with E-state index < -0.39 is 122 Å². The van der Waals surface area contributed by atoms with Gasteiger partial charge >= 0.3 is 12.1 Å². The summed E-state index contributed by atoms with van der Waals surface area (Å²) < 4.78 is 16.8. The van der Waals surface area contributed by atoms with Crippen LogP contribution in [0.2, 0.25) is 0 Å². The van der Waals surface area contributed by atoms with Crippen LogP contribution >= 0.6 is 0 Å². The van der Waals surface area contributed by atoms with Gasteiger partial charge in [0.1, 0.15) is 29.9 Å². The lowest BCUT2D eigenvalue weighted by Crippen LogP contribution is -2.61. The fraction of sp³-hybridized carbons (Fsp3) is 0.455. The lowest BCUT2D eigenvalue weighted by Gasteiger charge is -2.31. The predicted octanol–water partition coefficient (Wildman–Crippen LogP) is 1.20. The monoisotopic (exact) mass is 865 g/mol. The minimum absolute atomic E-state index is 0.413. The molecule has 0 unspecified atom stereocenters. The average molecular weight is 866 g/mol. The molecule has 0 fully saturated rings. The van der Waals surface area contributed by atoms with Gasteiger partial charge in [-0.2, -0.15) is 0 Å². The molecule has 7 atom stereocenters. The quantitative estimate of drug-likeness (QED) is 0.0682. The Balaban J connectivity index is 1.77. The van der Waals surface area contributed by atoms with Crippen molar-refractivity contribution in [2.24, 2.45) is 5.73 Å². The number of aliphatic hydroxyl groups excluding tert-OH is 4. The standard InChI is InChI=1S/C44H59N5O13/c1-43(2,3)60-25-32(48-39(56)30(22-33(45)51)49-42(59)62-44(4,5)6)40(57)47-31(24-50)35(53)36(54)37(55)41(58)46-29(26-16-10-7-11-17-26)23-34(52)61-38(27-18-12-8-13-19-27)28-20-14-9-15-21-28/h7-21,29-32,35-38,50,53-55H,22-25H2,1-6H3,(H2,45,51)(H,46,58)(H,47,57)(H,48,56)(H,49,59)/t29-,30-,31-,32-,35+,36+,37-/m0/s1. The number of ether oxygens (including phenoxy) is 3. The summed E-state index contributed by atoms with van der Waals surface area (Å²) in [4.78, 5) is 78.2. The number of alkyl carbamates (subject to hydrolysis) is 1. The van der Waals surface area contributed by atoms with Gasteiger partial charge in [-0.05, 0) is 58.2 Å². The van der Waals surface area contributed by atoms with E-state index in [0.717, 1.165) is 0 Å². The van der Waals surface area contributed by atoms with E-state index in [0.29, 0.717) is 16.7 Å². The van der Waals surface area contributed by atoms with Crippen molar-refractivity contribution in [3.63, 3.8) is 0 Å². The topological polar surface area (TPSA) is 285 Å². The highest BCUT2D eigenvalue weighted by Gasteiger charge is 2.38. The second-order valence-electron chi connectivity index (χ2n) is 16.4. The van der Waals surface area contributed by atoms with Crippen LogP contribution in [0.5, 0.6) is 0 Å². The minimum atomic E-state index is -2.37. The molecule has 3 aromatic rings. The summed E-state index contributed by atoms with van der Waals surface area (Å²) in [5, 5.41) is 52.7. The maximum absolute atomic E-state index is 13.6. The van der Waals surface area contributed by atoms with Crippen LogP contribution in [0.4, 0.5) is 4.79 Å². The number of nitrogens with two attached hydrogens (primary N) is 1. The molecule has 0 aliphatic rings. The second-order valence-corrected chi connectivity index (χ2v) is 16.4. The smallest absolute Gasteiger partial charge is 0.408 e. The van der Waals surface area contributed by atoms with Crippen LogP contribution < -0.4 is 27.0 Å². The zero-order valence-corrected chi connectivity index (χ0v) is 35.6. The van der Waals surface area contributed by atoms with Crippen LogP contribution in [-0.4, -0.2) is 117 Å². The van der Waals surface area contributed by atoms with Crippen molar-refractivity contribution in [1.82, 2.24) is 21.3 Å². The summed E-state index contributed by atoms with van der Waals surface area (Å²) in [6.07, 6.45) is -9.83. The first-order valence-corrected chi connectivity index (χ1v) is 19.9. The lowest BCUT2D eigenvalue weighted by molar-refractivity contribution is -0.149. The SMILES string of the molecule is CC(C)(C)OC[C@H](NC(=O)[C@H](CC(N)=O)NC(=O)OC(C)(C)C)C(=O)N[C@@H](CO)[C@@H](O)[C@@H](O)[C@H](O)C(=O)N[C@@H](CC(=O)OC(c1ccccc1)c1ccccc1)c1ccccc1. The van der Waals surface area contributed by atoms with E-state index in [1.807, 2.05) is 12.1 Å². The number of carbonyl (C=O) groups is 6. The van der Waals surface area contributed by atoms with E-state index in [4.69, 9.17) is 19.9 Å². The van der Waals surface area contributed by atoms with Crippen molar-refractivity contribution in [3.8, 4) is 0 Å². The number of hydrogen-bond donors (Lipinski definition) is 9. The molecule has 10 N–H and O–H groups in total. The Morgan fingerprint density at radius 2 is 1.11 bits per heavy atom. The summed E-state index contributed by atoms with van der Waals surface area (Å²) in [6.45, 7) is 8.15. The fourth-order valence-corrected chi connectivity index (χ4v) is 5.88. The Hall–Kier alpha value is -5.92. The molecule has 3 rings (SSSR count). The Morgan fingerprint density at radius 3 is 1.58 bits per heavy atom. The molecule has 0 aromatic heterocycles. The number of esters is 1. The highest BCUT2D eigenvalue weighted by atomic mass is 16.6. The van der Waals surface area contributed by atoms with E-state index in [1.54, 1.807) is 120 Å². The first-order chi connectivity index (χ1) is 29.1. The predicted molar refractivity (Wildman–Crippen MR) is 224 cm³/mol. The van der Waals surface area contributed by atoms with Crippen LogP contribution in [0.1, 0.15) is 83.2 Å². The van der Waals surface area contributed by atoms with Gasteiger partial charge in [0, 0.05) is 0 Å². The van der Waals surface area contributed by atoms with E-state index >= 15 is 0 Å². The van der Waals surface area contributed by atoms with E-state index in [1.165, 1.54) is 0 Å². The third-order valence-electron chi connectivity index (χ3n) is 8.95. The average Bonchev–Trinajstić information content (AvgIpc) is 3.21.